The molecule has 0 aromatic heterocycles. The SMILES string of the molecule is CC[C@@H]1CCCN(C[C@H]2CO[C@H](c3ccc(Cl)cc3)O2)C1. The molecule has 2 heterocycles. The minimum atomic E-state index is -0.237. The van der Waals surface area contributed by atoms with Gasteiger partial charge in [0.1, 0.15) is 0 Å². The van der Waals surface area contributed by atoms with E-state index < -0.39 is 0 Å². The fourth-order valence-electron chi connectivity index (χ4n) is 3.28. The number of hydrogen-bond acceptors (Lipinski definition) is 3. The van der Waals surface area contributed by atoms with Crippen LogP contribution in [0.3, 0.4) is 0 Å². The third-order valence-electron chi connectivity index (χ3n) is 4.53. The van der Waals surface area contributed by atoms with Crippen molar-refractivity contribution in [3.05, 3.63) is 34.9 Å². The third-order valence-corrected chi connectivity index (χ3v) is 4.79. The fourth-order valence-corrected chi connectivity index (χ4v) is 3.40. The van der Waals surface area contributed by atoms with E-state index in [4.69, 9.17) is 21.1 Å². The first kappa shape index (κ1) is 15.3. The van der Waals surface area contributed by atoms with Gasteiger partial charge in [-0.05, 0) is 37.4 Å². The molecule has 2 aliphatic heterocycles. The predicted molar refractivity (Wildman–Crippen MR) is 84.5 cm³/mol. The molecule has 0 aliphatic carbocycles. The van der Waals surface area contributed by atoms with E-state index in [-0.39, 0.29) is 12.4 Å². The van der Waals surface area contributed by atoms with E-state index in [0.29, 0.717) is 6.61 Å². The summed E-state index contributed by atoms with van der Waals surface area (Å²) in [5.41, 5.74) is 1.05. The van der Waals surface area contributed by atoms with Crippen LogP contribution < -0.4 is 0 Å². The number of halogens is 1. The average molecular weight is 310 g/mol. The van der Waals surface area contributed by atoms with Crippen molar-refractivity contribution in [2.75, 3.05) is 26.2 Å². The summed E-state index contributed by atoms with van der Waals surface area (Å²) >= 11 is 5.91. The number of likely N-dealkylation sites (tertiary alicyclic amines) is 1. The summed E-state index contributed by atoms with van der Waals surface area (Å²) in [6.45, 7) is 6.37. The molecule has 2 fully saturated rings. The van der Waals surface area contributed by atoms with Gasteiger partial charge in [0.2, 0.25) is 0 Å². The molecule has 0 radical (unpaired) electrons. The molecule has 2 aliphatic rings. The zero-order valence-electron chi connectivity index (χ0n) is 12.6. The molecule has 0 amide bonds. The summed E-state index contributed by atoms with van der Waals surface area (Å²) in [4.78, 5) is 2.54. The molecule has 3 atom stereocenters. The standard InChI is InChI=1S/C17H24ClNO2/c1-2-13-4-3-9-19(10-13)11-16-12-20-17(21-16)14-5-7-15(18)8-6-14/h5-8,13,16-17H,2-4,9-12H2,1H3/t13-,16+,17+/m1/s1. The second-order valence-electron chi connectivity index (χ2n) is 6.15. The van der Waals surface area contributed by atoms with Crippen molar-refractivity contribution in [3.8, 4) is 0 Å². The molecule has 0 saturated carbocycles. The second kappa shape index (κ2) is 7.10. The number of benzene rings is 1. The van der Waals surface area contributed by atoms with Crippen LogP contribution in [0.2, 0.25) is 5.02 Å². The van der Waals surface area contributed by atoms with Crippen molar-refractivity contribution in [3.63, 3.8) is 0 Å². The van der Waals surface area contributed by atoms with Gasteiger partial charge in [0.05, 0.1) is 12.7 Å². The molecule has 0 N–H and O–H groups in total. The Bertz CT molecular complexity index is 451. The van der Waals surface area contributed by atoms with Crippen LogP contribution in [-0.4, -0.2) is 37.2 Å². The molecular formula is C17H24ClNO2. The molecule has 21 heavy (non-hydrogen) atoms. The van der Waals surface area contributed by atoms with Gasteiger partial charge < -0.3 is 14.4 Å². The predicted octanol–water partition coefficient (Wildman–Crippen LogP) is 3.88. The monoisotopic (exact) mass is 309 g/mol. The highest BCUT2D eigenvalue weighted by molar-refractivity contribution is 6.30. The lowest BCUT2D eigenvalue weighted by atomic mass is 9.95. The van der Waals surface area contributed by atoms with Crippen molar-refractivity contribution in [1.29, 1.82) is 0 Å². The highest BCUT2D eigenvalue weighted by Gasteiger charge is 2.30. The summed E-state index contributed by atoms with van der Waals surface area (Å²) in [7, 11) is 0. The van der Waals surface area contributed by atoms with E-state index >= 15 is 0 Å². The maximum atomic E-state index is 6.05. The normalized spacial score (nSPS) is 30.7. The van der Waals surface area contributed by atoms with E-state index in [1.807, 2.05) is 24.3 Å². The molecule has 4 heteroatoms. The number of nitrogens with zero attached hydrogens (tertiary/aromatic N) is 1. The highest BCUT2D eigenvalue weighted by atomic mass is 35.5. The molecule has 0 unspecified atom stereocenters. The van der Waals surface area contributed by atoms with E-state index in [9.17, 15) is 0 Å². The van der Waals surface area contributed by atoms with Crippen LogP contribution in [0.1, 0.15) is 38.0 Å². The molecule has 3 rings (SSSR count). The average Bonchev–Trinajstić information content (AvgIpc) is 2.96. The highest BCUT2D eigenvalue weighted by Crippen LogP contribution is 2.29. The molecule has 2 saturated heterocycles. The summed E-state index contributed by atoms with van der Waals surface area (Å²) in [6.07, 6.45) is 3.92. The van der Waals surface area contributed by atoms with Crippen LogP contribution in [0, 0.1) is 5.92 Å². The number of rotatable bonds is 4. The Labute approximate surface area is 132 Å². The maximum Gasteiger partial charge on any atom is 0.184 e. The molecule has 0 bridgehead atoms. The van der Waals surface area contributed by atoms with Gasteiger partial charge in [-0.1, -0.05) is 37.1 Å². The smallest absolute Gasteiger partial charge is 0.184 e. The van der Waals surface area contributed by atoms with Gasteiger partial charge in [0, 0.05) is 23.7 Å². The van der Waals surface area contributed by atoms with Crippen LogP contribution >= 0.6 is 11.6 Å². The van der Waals surface area contributed by atoms with Gasteiger partial charge in [0.25, 0.3) is 0 Å². The van der Waals surface area contributed by atoms with Crippen LogP contribution in [0.15, 0.2) is 24.3 Å². The number of ether oxygens (including phenoxy) is 2. The fraction of sp³-hybridized carbons (Fsp3) is 0.647. The van der Waals surface area contributed by atoms with Crippen LogP contribution in [0.4, 0.5) is 0 Å². The second-order valence-corrected chi connectivity index (χ2v) is 6.59. The summed E-state index contributed by atoms with van der Waals surface area (Å²) in [6, 6.07) is 7.72. The Balaban J connectivity index is 1.51. The Morgan fingerprint density at radius 3 is 2.86 bits per heavy atom. The number of piperidine rings is 1. The van der Waals surface area contributed by atoms with E-state index in [0.717, 1.165) is 23.0 Å². The minimum absolute atomic E-state index is 0.182. The van der Waals surface area contributed by atoms with Crippen molar-refractivity contribution in [2.45, 2.75) is 38.6 Å². The Morgan fingerprint density at radius 1 is 1.29 bits per heavy atom. The molecule has 0 spiro atoms. The van der Waals surface area contributed by atoms with E-state index in [1.54, 1.807) is 0 Å². The van der Waals surface area contributed by atoms with Crippen molar-refractivity contribution >= 4 is 11.6 Å². The first-order valence-corrected chi connectivity index (χ1v) is 8.37. The first-order chi connectivity index (χ1) is 10.2. The topological polar surface area (TPSA) is 21.7 Å². The molecule has 3 nitrogen and oxygen atoms in total. The van der Waals surface area contributed by atoms with Crippen molar-refractivity contribution < 1.29 is 9.47 Å². The Morgan fingerprint density at radius 2 is 2.10 bits per heavy atom. The largest absolute Gasteiger partial charge is 0.346 e. The summed E-state index contributed by atoms with van der Waals surface area (Å²) in [5, 5.41) is 0.743. The van der Waals surface area contributed by atoms with Gasteiger partial charge in [0.15, 0.2) is 6.29 Å². The molecular weight excluding hydrogens is 286 g/mol. The zero-order valence-corrected chi connectivity index (χ0v) is 13.4. The van der Waals surface area contributed by atoms with E-state index in [2.05, 4.69) is 11.8 Å². The molecule has 1 aromatic rings. The summed E-state index contributed by atoms with van der Waals surface area (Å²) < 4.78 is 11.8. The van der Waals surface area contributed by atoms with Crippen LogP contribution in [0.25, 0.3) is 0 Å². The maximum absolute atomic E-state index is 6.05. The third kappa shape index (κ3) is 3.98. The quantitative estimate of drug-likeness (QED) is 0.842. The van der Waals surface area contributed by atoms with Gasteiger partial charge in [-0.3, -0.25) is 0 Å². The lowest BCUT2D eigenvalue weighted by molar-refractivity contribution is -0.0656. The van der Waals surface area contributed by atoms with E-state index in [1.165, 1.54) is 32.4 Å². The zero-order chi connectivity index (χ0) is 14.7. The van der Waals surface area contributed by atoms with Crippen molar-refractivity contribution in [1.82, 2.24) is 4.90 Å². The summed E-state index contributed by atoms with van der Waals surface area (Å²) in [5.74, 6) is 0.855. The van der Waals surface area contributed by atoms with Gasteiger partial charge in [-0.25, -0.2) is 0 Å². The number of hydrogen-bond donors (Lipinski definition) is 0. The van der Waals surface area contributed by atoms with Crippen LogP contribution in [-0.2, 0) is 9.47 Å². The van der Waals surface area contributed by atoms with Crippen molar-refractivity contribution in [2.24, 2.45) is 5.92 Å². The lowest BCUT2D eigenvalue weighted by Gasteiger charge is -2.33. The molecule has 1 aromatic carbocycles. The van der Waals surface area contributed by atoms with Gasteiger partial charge in [-0.2, -0.15) is 0 Å². The Hall–Kier alpha value is -0.610. The lowest BCUT2D eigenvalue weighted by Crippen LogP contribution is -2.40. The minimum Gasteiger partial charge on any atom is -0.346 e. The first-order valence-electron chi connectivity index (χ1n) is 7.99. The van der Waals surface area contributed by atoms with Crippen LogP contribution in [0.5, 0.6) is 0 Å². The van der Waals surface area contributed by atoms with Gasteiger partial charge in [-0.15, -0.1) is 0 Å². The Kier molecular flexibility index (Phi) is 5.17. The van der Waals surface area contributed by atoms with Gasteiger partial charge >= 0.3 is 0 Å². The molecule has 116 valence electrons.